The van der Waals surface area contributed by atoms with Gasteiger partial charge in [0.25, 0.3) is 0 Å². The Balaban J connectivity index is 2.30. The zero-order chi connectivity index (χ0) is 11.1. The minimum Gasteiger partial charge on any atom is -0.393 e. The van der Waals surface area contributed by atoms with Crippen molar-refractivity contribution in [2.75, 3.05) is 0 Å². The van der Waals surface area contributed by atoms with Crippen molar-refractivity contribution in [1.82, 2.24) is 9.55 Å². The quantitative estimate of drug-likeness (QED) is 0.572. The van der Waals surface area contributed by atoms with E-state index in [1.807, 2.05) is 12.4 Å². The van der Waals surface area contributed by atoms with Crippen LogP contribution in [0.2, 0.25) is 0 Å². The number of nitrogens with zero attached hydrogens (tertiary/aromatic N) is 2. The Morgan fingerprint density at radius 3 is 3.00 bits per heavy atom. The van der Waals surface area contributed by atoms with E-state index in [1.165, 1.54) is 5.82 Å². The molecule has 4 heteroatoms. The third-order valence-corrected chi connectivity index (χ3v) is 2.55. The topological polar surface area (TPSA) is 43.8 Å². The average Bonchev–Trinajstić information content (AvgIpc) is 2.61. The lowest BCUT2D eigenvalue weighted by Gasteiger charge is -2.06. The van der Waals surface area contributed by atoms with Crippen LogP contribution >= 0.6 is 12.2 Å². The molecule has 2 N–H and O–H groups in total. The number of rotatable bonds is 7. The summed E-state index contributed by atoms with van der Waals surface area (Å²) in [5, 5.41) is 0. The van der Waals surface area contributed by atoms with Gasteiger partial charge in [0.05, 0.1) is 4.99 Å². The van der Waals surface area contributed by atoms with Crippen molar-refractivity contribution < 1.29 is 0 Å². The van der Waals surface area contributed by atoms with Crippen molar-refractivity contribution in [2.24, 2.45) is 5.73 Å². The molecule has 0 saturated heterocycles. The minimum atomic E-state index is 0.620. The predicted molar refractivity (Wildman–Crippen MR) is 66.9 cm³/mol. The lowest BCUT2D eigenvalue weighted by atomic mass is 10.2. The van der Waals surface area contributed by atoms with E-state index in [9.17, 15) is 0 Å². The van der Waals surface area contributed by atoms with Crippen LogP contribution in [-0.2, 0) is 13.0 Å². The van der Waals surface area contributed by atoms with Crippen molar-refractivity contribution in [2.45, 2.75) is 45.6 Å². The van der Waals surface area contributed by atoms with Gasteiger partial charge in [0.2, 0.25) is 0 Å². The van der Waals surface area contributed by atoms with Crippen LogP contribution in [0.1, 0.15) is 38.4 Å². The van der Waals surface area contributed by atoms with Gasteiger partial charge in [-0.05, 0) is 25.7 Å². The summed E-state index contributed by atoms with van der Waals surface area (Å²) in [5.41, 5.74) is 5.44. The van der Waals surface area contributed by atoms with E-state index >= 15 is 0 Å². The zero-order valence-corrected chi connectivity index (χ0v) is 10.1. The molecule has 0 amide bonds. The van der Waals surface area contributed by atoms with Gasteiger partial charge in [-0.3, -0.25) is 0 Å². The highest BCUT2D eigenvalue weighted by molar-refractivity contribution is 7.80. The first-order chi connectivity index (χ1) is 7.24. The largest absolute Gasteiger partial charge is 0.393 e. The van der Waals surface area contributed by atoms with E-state index in [1.54, 1.807) is 0 Å². The van der Waals surface area contributed by atoms with Gasteiger partial charge in [-0.25, -0.2) is 4.98 Å². The SMILES string of the molecule is CCCc1nccn1CCCCC(N)=S. The first-order valence-electron chi connectivity index (χ1n) is 5.52. The lowest BCUT2D eigenvalue weighted by Crippen LogP contribution is -2.08. The maximum atomic E-state index is 5.44. The van der Waals surface area contributed by atoms with Crippen LogP contribution in [0.15, 0.2) is 12.4 Å². The second-order valence-corrected chi connectivity index (χ2v) is 4.23. The van der Waals surface area contributed by atoms with E-state index in [0.29, 0.717) is 4.99 Å². The van der Waals surface area contributed by atoms with Gasteiger partial charge < -0.3 is 10.3 Å². The molecule has 0 fully saturated rings. The molecule has 84 valence electrons. The number of imidazole rings is 1. The summed E-state index contributed by atoms with van der Waals surface area (Å²) >= 11 is 4.83. The van der Waals surface area contributed by atoms with Crippen molar-refractivity contribution >= 4 is 17.2 Å². The highest BCUT2D eigenvalue weighted by atomic mass is 32.1. The number of nitrogens with two attached hydrogens (primary N) is 1. The summed E-state index contributed by atoms with van der Waals surface area (Å²) in [5.74, 6) is 1.19. The predicted octanol–water partition coefficient (Wildman–Crippen LogP) is 2.29. The van der Waals surface area contributed by atoms with Crippen LogP contribution in [0.25, 0.3) is 0 Å². The number of aryl methyl sites for hydroxylation is 2. The molecule has 0 radical (unpaired) electrons. The Morgan fingerprint density at radius 1 is 1.53 bits per heavy atom. The zero-order valence-electron chi connectivity index (χ0n) is 9.28. The summed E-state index contributed by atoms with van der Waals surface area (Å²) in [6.45, 7) is 3.20. The summed E-state index contributed by atoms with van der Waals surface area (Å²) < 4.78 is 2.23. The molecule has 0 atom stereocenters. The molecule has 0 unspecified atom stereocenters. The molecule has 0 aromatic carbocycles. The second-order valence-electron chi connectivity index (χ2n) is 3.71. The molecule has 3 nitrogen and oxygen atoms in total. The molecule has 15 heavy (non-hydrogen) atoms. The van der Waals surface area contributed by atoms with Crippen LogP contribution in [0.4, 0.5) is 0 Å². The van der Waals surface area contributed by atoms with Gasteiger partial charge >= 0.3 is 0 Å². The summed E-state index contributed by atoms with van der Waals surface area (Å²) in [7, 11) is 0. The highest BCUT2D eigenvalue weighted by Gasteiger charge is 2.00. The molecule has 0 aliphatic heterocycles. The summed E-state index contributed by atoms with van der Waals surface area (Å²) in [6.07, 6.45) is 9.16. The van der Waals surface area contributed by atoms with Crippen molar-refractivity contribution in [3.63, 3.8) is 0 Å². The molecular weight excluding hydrogens is 206 g/mol. The monoisotopic (exact) mass is 225 g/mol. The molecule has 0 saturated carbocycles. The third-order valence-electron chi connectivity index (χ3n) is 2.35. The third kappa shape index (κ3) is 4.42. The summed E-state index contributed by atoms with van der Waals surface area (Å²) in [4.78, 5) is 4.95. The molecule has 0 aliphatic rings. The van der Waals surface area contributed by atoms with E-state index < -0.39 is 0 Å². The van der Waals surface area contributed by atoms with Crippen LogP contribution in [0.5, 0.6) is 0 Å². The smallest absolute Gasteiger partial charge is 0.108 e. The first kappa shape index (κ1) is 12.2. The molecule has 0 spiro atoms. The molecule has 1 heterocycles. The molecular formula is C11H19N3S. The van der Waals surface area contributed by atoms with Gasteiger partial charge in [0.1, 0.15) is 5.82 Å². The Bertz CT molecular complexity index is 307. The fourth-order valence-electron chi connectivity index (χ4n) is 1.58. The minimum absolute atomic E-state index is 0.620. The van der Waals surface area contributed by atoms with Crippen LogP contribution in [0, 0.1) is 0 Å². The lowest BCUT2D eigenvalue weighted by molar-refractivity contribution is 0.589. The van der Waals surface area contributed by atoms with Crippen LogP contribution < -0.4 is 5.73 Å². The normalized spacial score (nSPS) is 10.5. The second kappa shape index (κ2) is 6.56. The highest BCUT2D eigenvalue weighted by Crippen LogP contribution is 2.05. The van der Waals surface area contributed by atoms with Gasteiger partial charge in [-0.1, -0.05) is 19.1 Å². The van der Waals surface area contributed by atoms with E-state index in [4.69, 9.17) is 18.0 Å². The van der Waals surface area contributed by atoms with E-state index in [2.05, 4.69) is 16.5 Å². The molecule has 1 aromatic heterocycles. The summed E-state index contributed by atoms with van der Waals surface area (Å²) in [6, 6.07) is 0. The standard InChI is InChI=1S/C11H19N3S/c1-2-5-11-13-7-9-14(11)8-4-3-6-10(12)15/h7,9H,2-6,8H2,1H3,(H2,12,15). The van der Waals surface area contributed by atoms with Gasteiger partial charge in [0.15, 0.2) is 0 Å². The van der Waals surface area contributed by atoms with E-state index in [-0.39, 0.29) is 0 Å². The Labute approximate surface area is 96.7 Å². The Hall–Kier alpha value is -0.900. The van der Waals surface area contributed by atoms with Gasteiger partial charge in [0, 0.05) is 25.4 Å². The number of thiocarbonyl (C=S) groups is 1. The average molecular weight is 225 g/mol. The van der Waals surface area contributed by atoms with Crippen molar-refractivity contribution in [1.29, 1.82) is 0 Å². The van der Waals surface area contributed by atoms with Gasteiger partial charge in [-0.2, -0.15) is 0 Å². The molecule has 0 aliphatic carbocycles. The van der Waals surface area contributed by atoms with Gasteiger partial charge in [-0.15, -0.1) is 0 Å². The molecule has 1 rings (SSSR count). The number of aromatic nitrogens is 2. The first-order valence-corrected chi connectivity index (χ1v) is 5.93. The molecule has 1 aromatic rings. The number of hydrogen-bond donors (Lipinski definition) is 1. The van der Waals surface area contributed by atoms with Crippen molar-refractivity contribution in [3.05, 3.63) is 18.2 Å². The van der Waals surface area contributed by atoms with Crippen LogP contribution in [0.3, 0.4) is 0 Å². The number of hydrogen-bond acceptors (Lipinski definition) is 2. The fraction of sp³-hybridized carbons (Fsp3) is 0.636. The number of unbranched alkanes of at least 4 members (excludes halogenated alkanes) is 1. The Morgan fingerprint density at radius 2 is 2.33 bits per heavy atom. The molecule has 0 bridgehead atoms. The van der Waals surface area contributed by atoms with Crippen molar-refractivity contribution in [3.8, 4) is 0 Å². The fourth-order valence-corrected chi connectivity index (χ4v) is 1.72. The maximum absolute atomic E-state index is 5.44. The Kier molecular flexibility index (Phi) is 5.32. The maximum Gasteiger partial charge on any atom is 0.108 e. The van der Waals surface area contributed by atoms with Crippen LogP contribution in [-0.4, -0.2) is 14.5 Å². The van der Waals surface area contributed by atoms with E-state index in [0.717, 1.165) is 38.6 Å².